The molecule has 1 unspecified atom stereocenters. The zero-order valence-corrected chi connectivity index (χ0v) is 10.6. The molecular formula is C12H17O3S+. The molecule has 1 rings (SSSR count). The Morgan fingerprint density at radius 3 is 2.38 bits per heavy atom. The molecule has 0 aliphatic carbocycles. The number of ether oxygens (including phenoxy) is 1. The maximum atomic E-state index is 11.5. The van der Waals surface area contributed by atoms with E-state index in [9.17, 15) is 9.35 Å². The van der Waals surface area contributed by atoms with Gasteiger partial charge in [0.2, 0.25) is 5.75 Å². The van der Waals surface area contributed by atoms with Gasteiger partial charge in [0.15, 0.2) is 16.1 Å². The van der Waals surface area contributed by atoms with Crippen LogP contribution in [-0.2, 0) is 20.7 Å². The second-order valence-electron chi connectivity index (χ2n) is 4.41. The Bertz CT molecular complexity index is 343. The van der Waals surface area contributed by atoms with Crippen molar-refractivity contribution in [2.75, 3.05) is 5.75 Å². The first-order valence-electron chi connectivity index (χ1n) is 5.05. The van der Waals surface area contributed by atoms with Crippen molar-refractivity contribution in [1.29, 1.82) is 0 Å². The van der Waals surface area contributed by atoms with E-state index in [2.05, 4.69) is 0 Å². The lowest BCUT2D eigenvalue weighted by atomic mass is 10.2. The van der Waals surface area contributed by atoms with Gasteiger partial charge in [0.25, 0.3) is 0 Å². The fraction of sp³-hybridized carbons (Fsp3) is 0.417. The monoisotopic (exact) mass is 241 g/mol. The Hall–Kier alpha value is -1.00. The van der Waals surface area contributed by atoms with Crippen LogP contribution in [-0.4, -0.2) is 21.9 Å². The summed E-state index contributed by atoms with van der Waals surface area (Å²) in [5.74, 6) is -0.358. The maximum Gasteiger partial charge on any atom is 0.360 e. The fourth-order valence-corrected chi connectivity index (χ4v) is 2.06. The lowest BCUT2D eigenvalue weighted by Gasteiger charge is -2.18. The van der Waals surface area contributed by atoms with E-state index in [1.807, 2.05) is 39.0 Å². The van der Waals surface area contributed by atoms with Crippen molar-refractivity contribution in [3.8, 4) is 0 Å². The van der Waals surface area contributed by atoms with E-state index >= 15 is 0 Å². The minimum atomic E-state index is -1.07. The molecule has 3 nitrogen and oxygen atoms in total. The van der Waals surface area contributed by atoms with Crippen LogP contribution in [0.4, 0.5) is 0 Å². The Kier molecular flexibility index (Phi) is 4.38. The molecule has 0 radical (unpaired) electrons. The van der Waals surface area contributed by atoms with Gasteiger partial charge in [-0.3, -0.25) is 0 Å². The molecule has 0 amide bonds. The highest BCUT2D eigenvalue weighted by molar-refractivity contribution is 7.92. The van der Waals surface area contributed by atoms with Crippen molar-refractivity contribution in [3.05, 3.63) is 30.3 Å². The van der Waals surface area contributed by atoms with Crippen LogP contribution < -0.4 is 0 Å². The third-order valence-electron chi connectivity index (χ3n) is 1.69. The molecule has 0 bridgehead atoms. The molecule has 16 heavy (non-hydrogen) atoms. The van der Waals surface area contributed by atoms with Crippen molar-refractivity contribution in [3.63, 3.8) is 0 Å². The second kappa shape index (κ2) is 5.37. The molecule has 0 spiro atoms. The molecule has 0 saturated carbocycles. The lowest BCUT2D eigenvalue weighted by Crippen LogP contribution is -2.28. The smallest absolute Gasteiger partial charge is 0.360 e. The van der Waals surface area contributed by atoms with Crippen LogP contribution in [0, 0.1) is 0 Å². The molecule has 0 aromatic heterocycles. The van der Waals surface area contributed by atoms with Gasteiger partial charge in [0, 0.05) is 0 Å². The number of hydrogen-bond acceptors (Lipinski definition) is 3. The SMILES string of the molecule is CC(C)(C)OC(=O)C[S+](O)c1ccccc1. The number of carbonyl (C=O) groups is 1. The van der Waals surface area contributed by atoms with E-state index in [-0.39, 0.29) is 11.7 Å². The van der Waals surface area contributed by atoms with Gasteiger partial charge in [-0.25, -0.2) is 4.79 Å². The van der Waals surface area contributed by atoms with Crippen LogP contribution in [0.5, 0.6) is 0 Å². The molecule has 1 N–H and O–H groups in total. The van der Waals surface area contributed by atoms with E-state index in [0.717, 1.165) is 4.90 Å². The third kappa shape index (κ3) is 4.68. The van der Waals surface area contributed by atoms with Gasteiger partial charge in [0.1, 0.15) is 5.60 Å². The summed E-state index contributed by atoms with van der Waals surface area (Å²) in [6, 6.07) is 9.14. The molecule has 88 valence electrons. The predicted octanol–water partition coefficient (Wildman–Crippen LogP) is 2.48. The quantitative estimate of drug-likeness (QED) is 0.653. The molecule has 1 atom stereocenters. The summed E-state index contributed by atoms with van der Waals surface area (Å²) in [5.41, 5.74) is -0.502. The highest BCUT2D eigenvalue weighted by Crippen LogP contribution is 2.13. The minimum Gasteiger partial charge on any atom is -0.456 e. The van der Waals surface area contributed by atoms with Gasteiger partial charge in [0.05, 0.1) is 0 Å². The Balaban J connectivity index is 2.52. The summed E-state index contributed by atoms with van der Waals surface area (Å²) in [6.45, 7) is 5.43. The minimum absolute atomic E-state index is 0.0152. The van der Waals surface area contributed by atoms with Gasteiger partial charge >= 0.3 is 5.97 Å². The van der Waals surface area contributed by atoms with Crippen molar-refractivity contribution in [1.82, 2.24) is 0 Å². The summed E-state index contributed by atoms with van der Waals surface area (Å²) < 4.78 is 15.0. The molecule has 4 heteroatoms. The number of rotatable bonds is 3. The van der Waals surface area contributed by atoms with Crippen molar-refractivity contribution >= 4 is 17.1 Å². The normalized spacial score (nSPS) is 13.2. The Morgan fingerprint density at radius 2 is 1.88 bits per heavy atom. The first-order valence-corrected chi connectivity index (χ1v) is 6.40. The zero-order valence-electron chi connectivity index (χ0n) is 9.77. The molecule has 0 heterocycles. The third-order valence-corrected chi connectivity index (χ3v) is 3.02. The average molecular weight is 241 g/mol. The second-order valence-corrected chi connectivity index (χ2v) is 5.90. The number of hydrogen-bond donors (Lipinski definition) is 1. The highest BCUT2D eigenvalue weighted by Gasteiger charge is 2.27. The van der Waals surface area contributed by atoms with E-state index in [4.69, 9.17) is 4.74 Å². The van der Waals surface area contributed by atoms with Gasteiger partial charge in [-0.15, -0.1) is 0 Å². The van der Waals surface area contributed by atoms with Crippen LogP contribution in [0.1, 0.15) is 20.8 Å². The Labute approximate surface area is 99.0 Å². The molecule has 1 aromatic rings. The van der Waals surface area contributed by atoms with Gasteiger partial charge < -0.3 is 4.74 Å². The van der Waals surface area contributed by atoms with Crippen LogP contribution in [0.2, 0.25) is 0 Å². The summed E-state index contributed by atoms with van der Waals surface area (Å²) in [7, 11) is 0. The van der Waals surface area contributed by atoms with E-state index < -0.39 is 16.8 Å². The molecule has 0 saturated heterocycles. The first kappa shape index (κ1) is 13.1. The zero-order chi connectivity index (χ0) is 12.2. The number of esters is 1. The van der Waals surface area contributed by atoms with Crippen LogP contribution in [0.25, 0.3) is 0 Å². The lowest BCUT2D eigenvalue weighted by molar-refractivity contribution is -0.151. The van der Waals surface area contributed by atoms with Crippen LogP contribution in [0.15, 0.2) is 35.2 Å². The van der Waals surface area contributed by atoms with Crippen molar-refractivity contribution < 1.29 is 14.1 Å². The fourth-order valence-electron chi connectivity index (χ4n) is 1.14. The van der Waals surface area contributed by atoms with Crippen LogP contribution in [0.3, 0.4) is 0 Å². The molecular weight excluding hydrogens is 224 g/mol. The summed E-state index contributed by atoms with van der Waals surface area (Å²) in [4.78, 5) is 12.2. The van der Waals surface area contributed by atoms with Crippen LogP contribution >= 0.6 is 0 Å². The molecule has 1 aromatic carbocycles. The largest absolute Gasteiger partial charge is 0.456 e. The summed E-state index contributed by atoms with van der Waals surface area (Å²) in [5, 5.41) is 0. The van der Waals surface area contributed by atoms with E-state index in [0.29, 0.717) is 0 Å². The topological polar surface area (TPSA) is 46.5 Å². The molecule has 0 aliphatic heterocycles. The van der Waals surface area contributed by atoms with Crippen molar-refractivity contribution in [2.24, 2.45) is 0 Å². The Morgan fingerprint density at radius 1 is 1.31 bits per heavy atom. The van der Waals surface area contributed by atoms with Gasteiger partial charge in [-0.2, -0.15) is 4.55 Å². The number of benzene rings is 1. The molecule has 0 fully saturated rings. The summed E-state index contributed by atoms with van der Waals surface area (Å²) in [6.07, 6.45) is 0. The highest BCUT2D eigenvalue weighted by atomic mass is 32.2. The van der Waals surface area contributed by atoms with Gasteiger partial charge in [-0.05, 0) is 32.9 Å². The van der Waals surface area contributed by atoms with Gasteiger partial charge in [-0.1, -0.05) is 18.2 Å². The van der Waals surface area contributed by atoms with Crippen molar-refractivity contribution in [2.45, 2.75) is 31.3 Å². The average Bonchev–Trinajstić information content (AvgIpc) is 2.16. The standard InChI is InChI=1S/C12H17O3S/c1-12(2,3)15-11(13)9-16(14)10-7-5-4-6-8-10/h4-8,14H,9H2,1-3H3/q+1. The predicted molar refractivity (Wildman–Crippen MR) is 65.4 cm³/mol. The van der Waals surface area contributed by atoms with E-state index in [1.165, 1.54) is 0 Å². The van der Waals surface area contributed by atoms with E-state index in [1.54, 1.807) is 12.1 Å². The molecule has 0 aliphatic rings. The first-order chi connectivity index (χ1) is 7.38. The maximum absolute atomic E-state index is 11.5. The number of carbonyl (C=O) groups excluding carboxylic acids is 1. The summed E-state index contributed by atoms with van der Waals surface area (Å²) >= 11 is -1.07.